The molecule has 0 unspecified atom stereocenters. The van der Waals surface area contributed by atoms with Crippen LogP contribution in [0.25, 0.3) is 0 Å². The lowest BCUT2D eigenvalue weighted by atomic mass is 9.90. The Labute approximate surface area is 145 Å². The monoisotopic (exact) mass is 336 g/mol. The van der Waals surface area contributed by atoms with E-state index in [0.29, 0.717) is 29.9 Å². The molecule has 0 aromatic heterocycles. The molecule has 0 saturated heterocycles. The minimum absolute atomic E-state index is 0.0219. The molecule has 3 N–H and O–H groups in total. The quantitative estimate of drug-likeness (QED) is 0.557. The molecule has 1 aromatic carbocycles. The minimum atomic E-state index is -0.274. The maximum absolute atomic E-state index is 12.5. The van der Waals surface area contributed by atoms with Crippen LogP contribution in [-0.4, -0.2) is 21.1 Å². The molecule has 0 fully saturated rings. The average molecular weight is 336 g/mol. The molecule has 0 amide bonds. The van der Waals surface area contributed by atoms with Gasteiger partial charge in [-0.05, 0) is 37.5 Å². The summed E-state index contributed by atoms with van der Waals surface area (Å²) >= 11 is 0. The summed E-state index contributed by atoms with van der Waals surface area (Å²) in [5, 5.41) is 31.6. The van der Waals surface area contributed by atoms with Crippen molar-refractivity contribution in [1.29, 1.82) is 0 Å². The molecular weight excluding hydrogens is 304 g/mol. The molecule has 0 spiro atoms. The predicted octanol–water partition coefficient (Wildman–Crippen LogP) is 4.96. The Kier molecular flexibility index (Phi) is 7.59. The molecule has 4 heteroatoms. The number of benzene rings is 1. The van der Waals surface area contributed by atoms with Crippen LogP contribution in [0.4, 0.5) is 0 Å². The lowest BCUT2D eigenvalue weighted by molar-refractivity contribution is 0.0962. The Morgan fingerprint density at radius 1 is 0.875 bits per heavy atom. The van der Waals surface area contributed by atoms with Crippen molar-refractivity contribution in [2.45, 2.75) is 73.1 Å². The summed E-state index contributed by atoms with van der Waals surface area (Å²) < 4.78 is 0. The van der Waals surface area contributed by atoms with Crippen LogP contribution in [0, 0.1) is 11.8 Å². The maximum atomic E-state index is 12.5. The van der Waals surface area contributed by atoms with Crippen molar-refractivity contribution >= 4 is 5.78 Å². The summed E-state index contributed by atoms with van der Waals surface area (Å²) in [6, 6.07) is 0. The van der Waals surface area contributed by atoms with Crippen molar-refractivity contribution in [1.82, 2.24) is 0 Å². The van der Waals surface area contributed by atoms with E-state index in [2.05, 4.69) is 13.8 Å². The van der Waals surface area contributed by atoms with Crippen LogP contribution in [0.2, 0.25) is 0 Å². The molecular formula is C20H32O4. The van der Waals surface area contributed by atoms with Gasteiger partial charge in [0.1, 0.15) is 22.8 Å². The molecule has 0 atom stereocenters. The number of carbonyl (C=O) groups is 1. The van der Waals surface area contributed by atoms with Gasteiger partial charge in [-0.15, -0.1) is 0 Å². The smallest absolute Gasteiger partial charge is 0.170 e. The summed E-state index contributed by atoms with van der Waals surface area (Å²) in [6.07, 6.45) is 3.73. The first-order valence-electron chi connectivity index (χ1n) is 9.02. The highest BCUT2D eigenvalue weighted by atomic mass is 16.3. The zero-order valence-corrected chi connectivity index (χ0v) is 15.6. The number of hydrogen-bond donors (Lipinski definition) is 3. The highest BCUT2D eigenvalue weighted by Gasteiger charge is 2.27. The number of rotatable bonds is 9. The largest absolute Gasteiger partial charge is 0.507 e. The Balaban J connectivity index is 3.44. The minimum Gasteiger partial charge on any atom is -0.507 e. The topological polar surface area (TPSA) is 77.8 Å². The third-order valence-corrected chi connectivity index (χ3v) is 4.24. The van der Waals surface area contributed by atoms with Crippen molar-refractivity contribution in [2.24, 2.45) is 11.8 Å². The van der Waals surface area contributed by atoms with Crippen LogP contribution in [0.5, 0.6) is 17.2 Å². The van der Waals surface area contributed by atoms with Crippen molar-refractivity contribution < 1.29 is 20.1 Å². The Morgan fingerprint density at radius 2 is 1.42 bits per heavy atom. The summed E-state index contributed by atoms with van der Waals surface area (Å²) in [4.78, 5) is 12.5. The number of carbonyl (C=O) groups excluding carboxylic acids is 1. The van der Waals surface area contributed by atoms with Gasteiger partial charge >= 0.3 is 0 Å². The molecule has 0 radical (unpaired) electrons. The van der Waals surface area contributed by atoms with E-state index in [1.807, 2.05) is 20.8 Å². The van der Waals surface area contributed by atoms with Gasteiger partial charge in [0.25, 0.3) is 0 Å². The van der Waals surface area contributed by atoms with E-state index in [0.717, 1.165) is 19.3 Å². The Morgan fingerprint density at radius 3 is 1.88 bits per heavy atom. The lowest BCUT2D eigenvalue weighted by Crippen LogP contribution is -2.08. The maximum Gasteiger partial charge on any atom is 0.170 e. The van der Waals surface area contributed by atoms with Crippen molar-refractivity contribution in [3.63, 3.8) is 0 Å². The number of unbranched alkanes of at least 4 members (excludes halogenated alkanes) is 1. The van der Waals surface area contributed by atoms with E-state index >= 15 is 0 Å². The number of Topliss-reactive ketones (excluding diaryl/α,β-unsaturated/α-hetero) is 1. The van der Waals surface area contributed by atoms with Gasteiger partial charge < -0.3 is 15.3 Å². The Bertz CT molecular complexity index is 574. The first-order chi connectivity index (χ1) is 11.2. The number of aromatic hydroxyl groups is 3. The number of ketones is 1. The predicted molar refractivity (Wildman–Crippen MR) is 97.0 cm³/mol. The molecule has 0 heterocycles. The fraction of sp³-hybridized carbons (Fsp3) is 0.650. The SMILES string of the molecule is CCCCc1c(O)c(CCC(C)C)c(O)c(C(=O)CC(C)C)c1O. The summed E-state index contributed by atoms with van der Waals surface area (Å²) in [5.74, 6) is -0.299. The van der Waals surface area contributed by atoms with Crippen LogP contribution in [0.3, 0.4) is 0 Å². The fourth-order valence-electron chi connectivity index (χ4n) is 2.82. The highest BCUT2D eigenvalue weighted by Crippen LogP contribution is 2.44. The van der Waals surface area contributed by atoms with Gasteiger partial charge in [-0.2, -0.15) is 0 Å². The third kappa shape index (κ3) is 4.89. The zero-order valence-electron chi connectivity index (χ0n) is 15.6. The summed E-state index contributed by atoms with van der Waals surface area (Å²) in [7, 11) is 0. The Hall–Kier alpha value is -1.71. The summed E-state index contributed by atoms with van der Waals surface area (Å²) in [6.45, 7) is 10.0. The zero-order chi connectivity index (χ0) is 18.4. The number of hydrogen-bond acceptors (Lipinski definition) is 4. The standard InChI is InChI=1S/C20H32O4/c1-6-7-8-14-18(22)15(10-9-12(2)3)20(24)17(19(14)23)16(21)11-13(4)5/h12-13,22-24H,6-11H2,1-5H3. The van der Waals surface area contributed by atoms with Crippen molar-refractivity contribution in [2.75, 3.05) is 0 Å². The molecule has 136 valence electrons. The second-order valence-electron chi connectivity index (χ2n) is 7.44. The van der Waals surface area contributed by atoms with Gasteiger partial charge in [0.2, 0.25) is 0 Å². The molecule has 0 aliphatic carbocycles. The summed E-state index contributed by atoms with van der Waals surface area (Å²) in [5.41, 5.74) is 0.756. The van der Waals surface area contributed by atoms with Crippen LogP contribution in [0.1, 0.15) is 81.8 Å². The van der Waals surface area contributed by atoms with E-state index in [1.54, 1.807) is 0 Å². The second kappa shape index (κ2) is 8.95. The average Bonchev–Trinajstić information content (AvgIpc) is 2.45. The van der Waals surface area contributed by atoms with Crippen LogP contribution >= 0.6 is 0 Å². The van der Waals surface area contributed by atoms with Gasteiger partial charge in [-0.1, -0.05) is 41.0 Å². The number of phenols is 3. The van der Waals surface area contributed by atoms with Gasteiger partial charge in [-0.25, -0.2) is 0 Å². The third-order valence-electron chi connectivity index (χ3n) is 4.24. The molecule has 0 saturated carbocycles. The molecule has 0 aliphatic heterocycles. The van der Waals surface area contributed by atoms with E-state index in [9.17, 15) is 20.1 Å². The number of phenolic OH excluding ortho intramolecular Hbond substituents is 3. The van der Waals surface area contributed by atoms with E-state index in [4.69, 9.17) is 0 Å². The fourth-order valence-corrected chi connectivity index (χ4v) is 2.82. The first-order valence-corrected chi connectivity index (χ1v) is 9.02. The van der Waals surface area contributed by atoms with Crippen molar-refractivity contribution in [3.8, 4) is 17.2 Å². The molecule has 24 heavy (non-hydrogen) atoms. The van der Waals surface area contributed by atoms with Gasteiger partial charge in [0.15, 0.2) is 5.78 Å². The van der Waals surface area contributed by atoms with Gasteiger partial charge in [0, 0.05) is 17.5 Å². The molecule has 0 bridgehead atoms. The van der Waals surface area contributed by atoms with Gasteiger partial charge in [0.05, 0.1) is 0 Å². The van der Waals surface area contributed by atoms with E-state index in [1.165, 1.54) is 0 Å². The molecule has 4 nitrogen and oxygen atoms in total. The second-order valence-corrected chi connectivity index (χ2v) is 7.44. The van der Waals surface area contributed by atoms with E-state index in [-0.39, 0.29) is 40.9 Å². The first kappa shape index (κ1) is 20.3. The molecule has 1 rings (SSSR count). The van der Waals surface area contributed by atoms with Crippen LogP contribution in [0.15, 0.2) is 0 Å². The lowest BCUT2D eigenvalue weighted by Gasteiger charge is -2.19. The van der Waals surface area contributed by atoms with Gasteiger partial charge in [-0.3, -0.25) is 4.79 Å². The molecule has 1 aromatic rings. The van der Waals surface area contributed by atoms with Crippen molar-refractivity contribution in [3.05, 3.63) is 16.7 Å². The van der Waals surface area contributed by atoms with Crippen LogP contribution < -0.4 is 0 Å². The molecule has 0 aliphatic rings. The highest BCUT2D eigenvalue weighted by molar-refractivity contribution is 6.02. The normalized spacial score (nSPS) is 11.5. The van der Waals surface area contributed by atoms with Crippen LogP contribution in [-0.2, 0) is 12.8 Å². The van der Waals surface area contributed by atoms with E-state index < -0.39 is 0 Å².